The van der Waals surface area contributed by atoms with Gasteiger partial charge in [-0.2, -0.15) is 5.10 Å². The van der Waals surface area contributed by atoms with Gasteiger partial charge in [-0.1, -0.05) is 18.2 Å². The van der Waals surface area contributed by atoms with Gasteiger partial charge < -0.3 is 15.2 Å². The van der Waals surface area contributed by atoms with E-state index in [1.807, 2.05) is 12.1 Å². The van der Waals surface area contributed by atoms with Gasteiger partial charge in [0.1, 0.15) is 18.7 Å². The average Bonchev–Trinajstić information content (AvgIpc) is 3.32. The first-order valence-electron chi connectivity index (χ1n) is 9.59. The average molecular weight is 416 g/mol. The Morgan fingerprint density at radius 1 is 1.00 bits per heavy atom. The molecule has 0 aliphatic carbocycles. The van der Waals surface area contributed by atoms with Crippen LogP contribution in [0, 0.1) is 0 Å². The molecule has 4 aromatic rings. The Bertz CT molecular complexity index is 1310. The minimum absolute atomic E-state index is 0.242. The Labute approximate surface area is 177 Å². The molecule has 1 atom stereocenters. The van der Waals surface area contributed by atoms with Crippen LogP contribution in [0.15, 0.2) is 72.0 Å². The highest BCUT2D eigenvalue weighted by atomic mass is 16.2. The highest BCUT2D eigenvalue weighted by Gasteiger charge is 2.16. The molecule has 2 aromatic heterocycles. The highest BCUT2D eigenvalue weighted by molar-refractivity contribution is 6.12. The van der Waals surface area contributed by atoms with Crippen molar-refractivity contribution >= 4 is 34.1 Å². The van der Waals surface area contributed by atoms with Gasteiger partial charge in [0.05, 0.1) is 11.1 Å². The quantitative estimate of drug-likeness (QED) is 0.520. The molecule has 0 aliphatic rings. The van der Waals surface area contributed by atoms with Crippen LogP contribution in [0.4, 0.5) is 11.4 Å². The molecule has 4 rings (SSSR count). The molecule has 2 amide bonds. The fraction of sp³-hybridized carbons (Fsp3) is 0.136. The summed E-state index contributed by atoms with van der Waals surface area (Å²) in [5, 5.41) is 10.2. The number of hydrogen-bond donors (Lipinski definition) is 2. The van der Waals surface area contributed by atoms with E-state index in [1.165, 1.54) is 28.0 Å². The maximum Gasteiger partial charge on any atom is 0.256 e. The zero-order valence-electron chi connectivity index (χ0n) is 16.9. The Balaban J connectivity index is 1.49. The number of amides is 2. The Hall–Kier alpha value is -4.27. The van der Waals surface area contributed by atoms with Crippen molar-refractivity contribution in [3.05, 3.63) is 83.2 Å². The van der Waals surface area contributed by atoms with Crippen LogP contribution in [-0.4, -0.2) is 31.1 Å². The lowest BCUT2D eigenvalue weighted by molar-refractivity contribution is -0.119. The molecule has 31 heavy (non-hydrogen) atoms. The third kappa shape index (κ3) is 4.06. The second kappa shape index (κ2) is 8.23. The molecule has 9 heteroatoms. The third-order valence-electron chi connectivity index (χ3n) is 5.02. The van der Waals surface area contributed by atoms with Crippen LogP contribution in [0.3, 0.4) is 0 Å². The number of para-hydroxylation sites is 1. The van der Waals surface area contributed by atoms with E-state index in [9.17, 15) is 14.4 Å². The largest absolute Gasteiger partial charge is 0.324 e. The Morgan fingerprint density at radius 2 is 1.68 bits per heavy atom. The van der Waals surface area contributed by atoms with Crippen molar-refractivity contribution in [3.8, 4) is 0 Å². The van der Waals surface area contributed by atoms with Crippen molar-refractivity contribution < 1.29 is 9.59 Å². The monoisotopic (exact) mass is 416 g/mol. The minimum atomic E-state index is -0.518. The highest BCUT2D eigenvalue weighted by Crippen LogP contribution is 2.19. The maximum atomic E-state index is 12.8. The van der Waals surface area contributed by atoms with Crippen LogP contribution >= 0.6 is 0 Å². The molecule has 0 saturated heterocycles. The first-order chi connectivity index (χ1) is 14.9. The molecule has 156 valence electrons. The number of aryl methyl sites for hydroxylation is 1. The molecule has 0 bridgehead atoms. The lowest BCUT2D eigenvalue weighted by Gasteiger charge is -2.13. The number of anilines is 2. The maximum absolute atomic E-state index is 12.8. The molecular formula is C22H20N6O3. The molecule has 9 nitrogen and oxygen atoms in total. The van der Waals surface area contributed by atoms with Gasteiger partial charge >= 0.3 is 0 Å². The number of pyridine rings is 1. The van der Waals surface area contributed by atoms with Crippen molar-refractivity contribution in [1.29, 1.82) is 0 Å². The number of rotatable bonds is 5. The van der Waals surface area contributed by atoms with Gasteiger partial charge in [0, 0.05) is 29.9 Å². The summed E-state index contributed by atoms with van der Waals surface area (Å²) in [6.45, 7) is 1.72. The molecule has 0 saturated carbocycles. The number of carbonyl (C=O) groups excluding carboxylic acids is 2. The number of nitrogens with one attached hydrogen (secondary N) is 2. The molecular weight excluding hydrogens is 396 g/mol. The van der Waals surface area contributed by atoms with E-state index in [0.29, 0.717) is 27.8 Å². The fourth-order valence-corrected chi connectivity index (χ4v) is 3.22. The summed E-state index contributed by atoms with van der Waals surface area (Å²) in [6, 6.07) is 14.8. The van der Waals surface area contributed by atoms with E-state index in [4.69, 9.17) is 0 Å². The summed E-state index contributed by atoms with van der Waals surface area (Å²) in [5.74, 6) is -0.626. The molecule has 0 aliphatic heterocycles. The van der Waals surface area contributed by atoms with E-state index in [0.717, 1.165) is 0 Å². The number of fused-ring (bicyclic) bond motifs is 1. The molecule has 0 fully saturated rings. The van der Waals surface area contributed by atoms with Gasteiger partial charge in [0.2, 0.25) is 5.91 Å². The molecule has 0 spiro atoms. The number of aromatic nitrogens is 4. The molecule has 2 aromatic carbocycles. The molecule has 2 heterocycles. The van der Waals surface area contributed by atoms with Gasteiger partial charge in [-0.15, -0.1) is 0 Å². The predicted octanol–water partition coefficient (Wildman–Crippen LogP) is 2.58. The topological polar surface area (TPSA) is 111 Å². The van der Waals surface area contributed by atoms with Crippen LogP contribution in [0.1, 0.15) is 23.3 Å². The van der Waals surface area contributed by atoms with Gasteiger partial charge in [-0.25, -0.2) is 9.67 Å². The van der Waals surface area contributed by atoms with Gasteiger partial charge in [-0.05, 0) is 37.3 Å². The van der Waals surface area contributed by atoms with Crippen LogP contribution in [0.5, 0.6) is 0 Å². The summed E-state index contributed by atoms with van der Waals surface area (Å²) in [4.78, 5) is 41.2. The van der Waals surface area contributed by atoms with Gasteiger partial charge in [0.15, 0.2) is 0 Å². The summed E-state index contributed by atoms with van der Waals surface area (Å²) >= 11 is 0. The zero-order valence-corrected chi connectivity index (χ0v) is 16.9. The van der Waals surface area contributed by atoms with E-state index < -0.39 is 6.04 Å². The lowest BCUT2D eigenvalue weighted by atomic mass is 10.1. The van der Waals surface area contributed by atoms with Crippen molar-refractivity contribution in [2.45, 2.75) is 13.0 Å². The Kier molecular flexibility index (Phi) is 5.31. The standard InChI is InChI=1S/C22H20N6O3/c1-14(28-13-23-12-24-28)21(30)25-15-7-9-16(10-8-15)26-22(31)18-11-20(29)27(2)19-6-4-3-5-17(18)19/h3-14H,1-2H3,(H,25,30)(H,26,31). The first kappa shape index (κ1) is 20.0. The third-order valence-corrected chi connectivity index (χ3v) is 5.02. The second-order valence-electron chi connectivity index (χ2n) is 7.04. The van der Waals surface area contributed by atoms with Crippen LogP contribution in [-0.2, 0) is 11.8 Å². The van der Waals surface area contributed by atoms with Crippen LogP contribution < -0.4 is 16.2 Å². The van der Waals surface area contributed by atoms with Crippen molar-refractivity contribution in [2.75, 3.05) is 10.6 Å². The summed E-state index contributed by atoms with van der Waals surface area (Å²) < 4.78 is 2.96. The van der Waals surface area contributed by atoms with E-state index >= 15 is 0 Å². The van der Waals surface area contributed by atoms with E-state index in [-0.39, 0.29) is 17.4 Å². The lowest BCUT2D eigenvalue weighted by Crippen LogP contribution is -2.24. The van der Waals surface area contributed by atoms with Gasteiger partial charge in [0.25, 0.3) is 11.5 Å². The normalized spacial score (nSPS) is 11.8. The minimum Gasteiger partial charge on any atom is -0.324 e. The summed E-state index contributed by atoms with van der Waals surface area (Å²) in [6.07, 6.45) is 2.84. The Morgan fingerprint density at radius 3 is 2.35 bits per heavy atom. The molecule has 1 unspecified atom stereocenters. The molecule has 0 radical (unpaired) electrons. The smallest absolute Gasteiger partial charge is 0.256 e. The van der Waals surface area contributed by atoms with Crippen LogP contribution in [0.2, 0.25) is 0 Å². The molecule has 2 N–H and O–H groups in total. The number of nitrogens with zero attached hydrogens (tertiary/aromatic N) is 4. The second-order valence-corrected chi connectivity index (χ2v) is 7.04. The number of benzene rings is 2. The van der Waals surface area contributed by atoms with E-state index in [2.05, 4.69) is 20.7 Å². The van der Waals surface area contributed by atoms with Crippen molar-refractivity contribution in [1.82, 2.24) is 19.3 Å². The summed E-state index contributed by atoms with van der Waals surface area (Å²) in [5.41, 5.74) is 1.84. The number of carbonyl (C=O) groups is 2. The summed E-state index contributed by atoms with van der Waals surface area (Å²) in [7, 11) is 1.67. The SMILES string of the molecule is CC(C(=O)Nc1ccc(NC(=O)c2cc(=O)n(C)c3ccccc23)cc1)n1cncn1. The zero-order chi connectivity index (χ0) is 22.0. The van der Waals surface area contributed by atoms with Gasteiger partial charge in [-0.3, -0.25) is 14.4 Å². The predicted molar refractivity (Wildman–Crippen MR) is 117 cm³/mol. The van der Waals surface area contributed by atoms with Crippen molar-refractivity contribution in [3.63, 3.8) is 0 Å². The number of hydrogen-bond acceptors (Lipinski definition) is 5. The fourth-order valence-electron chi connectivity index (χ4n) is 3.22. The van der Waals surface area contributed by atoms with Crippen LogP contribution in [0.25, 0.3) is 10.9 Å². The first-order valence-corrected chi connectivity index (χ1v) is 9.59. The van der Waals surface area contributed by atoms with Crippen molar-refractivity contribution in [2.24, 2.45) is 7.05 Å². The van der Waals surface area contributed by atoms with E-state index in [1.54, 1.807) is 50.4 Å².